The van der Waals surface area contributed by atoms with Crippen LogP contribution in [0.3, 0.4) is 0 Å². The molecule has 0 atom stereocenters. The van der Waals surface area contributed by atoms with Crippen LogP contribution in [0.4, 0.5) is 14.5 Å². The van der Waals surface area contributed by atoms with Gasteiger partial charge in [-0.2, -0.15) is 5.26 Å². The average Bonchev–Trinajstić information content (AvgIpc) is 2.46. The highest BCUT2D eigenvalue weighted by Crippen LogP contribution is 2.26. The number of hydrogen-bond donors (Lipinski definition) is 1. The lowest BCUT2D eigenvalue weighted by atomic mass is 10.1. The molecule has 0 unspecified atom stereocenters. The van der Waals surface area contributed by atoms with Crippen LogP contribution < -0.4 is 5.32 Å². The summed E-state index contributed by atoms with van der Waals surface area (Å²) in [5.74, 6) is -0.757. The van der Waals surface area contributed by atoms with Crippen molar-refractivity contribution in [3.05, 3.63) is 63.6 Å². The van der Waals surface area contributed by atoms with Gasteiger partial charge in [0.2, 0.25) is 0 Å². The molecule has 1 N–H and O–H groups in total. The molecule has 2 nitrogen and oxygen atoms in total. The zero-order chi connectivity index (χ0) is 14.5. The van der Waals surface area contributed by atoms with E-state index in [0.717, 1.165) is 5.56 Å². The summed E-state index contributed by atoms with van der Waals surface area (Å²) in [7, 11) is 0. The van der Waals surface area contributed by atoms with Crippen molar-refractivity contribution in [2.75, 3.05) is 11.9 Å². The van der Waals surface area contributed by atoms with E-state index in [1.54, 1.807) is 18.2 Å². The molecule has 0 aromatic heterocycles. The Morgan fingerprint density at radius 3 is 2.45 bits per heavy atom. The van der Waals surface area contributed by atoms with Gasteiger partial charge < -0.3 is 5.32 Å². The Hall–Kier alpha value is -1.93. The lowest BCUT2D eigenvalue weighted by molar-refractivity contribution is 0.623. The summed E-state index contributed by atoms with van der Waals surface area (Å²) in [5, 5.41) is 11.7. The molecule has 0 aliphatic heterocycles. The SMILES string of the molecule is N#Cc1ccc(NCCc2ccc(F)cc2)c(F)c1Br. The van der Waals surface area contributed by atoms with Gasteiger partial charge in [-0.3, -0.25) is 0 Å². The molecule has 0 saturated carbocycles. The van der Waals surface area contributed by atoms with Crippen molar-refractivity contribution in [3.8, 4) is 6.07 Å². The standard InChI is InChI=1S/C15H11BrF2N2/c16-14-11(9-19)3-6-13(15(14)18)20-8-7-10-1-4-12(17)5-2-10/h1-6,20H,7-8H2. The molecular formula is C15H11BrF2N2. The molecule has 0 amide bonds. The van der Waals surface area contributed by atoms with Crippen LogP contribution in [-0.4, -0.2) is 6.54 Å². The van der Waals surface area contributed by atoms with Crippen LogP contribution in [0.15, 0.2) is 40.9 Å². The van der Waals surface area contributed by atoms with Gasteiger partial charge in [0, 0.05) is 6.54 Å². The lowest BCUT2D eigenvalue weighted by Gasteiger charge is -2.09. The summed E-state index contributed by atoms with van der Waals surface area (Å²) in [6.07, 6.45) is 0.650. The third kappa shape index (κ3) is 3.34. The van der Waals surface area contributed by atoms with Gasteiger partial charge in [-0.25, -0.2) is 8.78 Å². The summed E-state index contributed by atoms with van der Waals surface area (Å²) in [5.41, 5.74) is 1.55. The van der Waals surface area contributed by atoms with Crippen LogP contribution in [0.2, 0.25) is 0 Å². The van der Waals surface area contributed by atoms with E-state index in [0.29, 0.717) is 18.7 Å². The van der Waals surface area contributed by atoms with E-state index >= 15 is 0 Å². The second-order valence-electron chi connectivity index (χ2n) is 4.20. The van der Waals surface area contributed by atoms with Crippen LogP contribution in [0, 0.1) is 23.0 Å². The second-order valence-corrected chi connectivity index (χ2v) is 5.00. The van der Waals surface area contributed by atoms with E-state index in [2.05, 4.69) is 21.2 Å². The Labute approximate surface area is 124 Å². The smallest absolute Gasteiger partial charge is 0.161 e. The van der Waals surface area contributed by atoms with E-state index in [-0.39, 0.29) is 15.9 Å². The van der Waals surface area contributed by atoms with Crippen LogP contribution in [0.1, 0.15) is 11.1 Å². The molecule has 2 aromatic rings. The first kappa shape index (κ1) is 14.5. The van der Waals surface area contributed by atoms with Crippen LogP contribution in [-0.2, 0) is 6.42 Å². The Bertz CT molecular complexity index is 648. The number of benzene rings is 2. The maximum atomic E-state index is 13.9. The Kier molecular flexibility index (Phi) is 4.70. The number of nitrogens with one attached hydrogen (secondary N) is 1. The van der Waals surface area contributed by atoms with Crippen molar-refractivity contribution >= 4 is 21.6 Å². The molecule has 0 bridgehead atoms. The highest BCUT2D eigenvalue weighted by Gasteiger charge is 2.10. The second kappa shape index (κ2) is 6.49. The third-order valence-electron chi connectivity index (χ3n) is 2.85. The zero-order valence-electron chi connectivity index (χ0n) is 10.5. The number of rotatable bonds is 4. The predicted molar refractivity (Wildman–Crippen MR) is 77.4 cm³/mol. The van der Waals surface area contributed by atoms with Crippen molar-refractivity contribution in [1.29, 1.82) is 5.26 Å². The predicted octanol–water partition coefficient (Wildman–Crippen LogP) is 4.25. The number of nitriles is 1. The van der Waals surface area contributed by atoms with Gasteiger partial charge in [0.15, 0.2) is 5.82 Å². The summed E-state index contributed by atoms with van der Waals surface area (Å²) >= 11 is 3.06. The van der Waals surface area contributed by atoms with Gasteiger partial charge in [0.05, 0.1) is 15.7 Å². The minimum absolute atomic E-state index is 0.159. The first-order chi connectivity index (χ1) is 9.61. The lowest BCUT2D eigenvalue weighted by Crippen LogP contribution is -2.07. The minimum Gasteiger partial charge on any atom is -0.382 e. The molecule has 20 heavy (non-hydrogen) atoms. The molecule has 2 rings (SSSR count). The molecule has 0 aliphatic carbocycles. The normalized spacial score (nSPS) is 10.1. The van der Waals surface area contributed by atoms with Crippen molar-refractivity contribution < 1.29 is 8.78 Å². The topological polar surface area (TPSA) is 35.8 Å². The summed E-state index contributed by atoms with van der Waals surface area (Å²) < 4.78 is 26.8. The summed E-state index contributed by atoms with van der Waals surface area (Å²) in [6.45, 7) is 0.515. The van der Waals surface area contributed by atoms with Gasteiger partial charge in [-0.1, -0.05) is 12.1 Å². The van der Waals surface area contributed by atoms with Gasteiger partial charge in [-0.15, -0.1) is 0 Å². The molecule has 5 heteroatoms. The van der Waals surface area contributed by atoms with Crippen molar-refractivity contribution in [3.63, 3.8) is 0 Å². The van der Waals surface area contributed by atoms with E-state index < -0.39 is 5.82 Å². The maximum absolute atomic E-state index is 13.9. The van der Waals surface area contributed by atoms with Crippen molar-refractivity contribution in [2.45, 2.75) is 6.42 Å². The van der Waals surface area contributed by atoms with E-state index in [1.165, 1.54) is 18.2 Å². The molecule has 0 saturated heterocycles. The van der Waals surface area contributed by atoms with Gasteiger partial charge in [0.1, 0.15) is 11.9 Å². The Morgan fingerprint density at radius 1 is 1.10 bits per heavy atom. The fourth-order valence-electron chi connectivity index (χ4n) is 1.76. The third-order valence-corrected chi connectivity index (χ3v) is 3.62. The van der Waals surface area contributed by atoms with Crippen LogP contribution in [0.5, 0.6) is 0 Å². The van der Waals surface area contributed by atoms with Crippen LogP contribution >= 0.6 is 15.9 Å². The summed E-state index contributed by atoms with van der Waals surface area (Å²) in [4.78, 5) is 0. The van der Waals surface area contributed by atoms with Gasteiger partial charge >= 0.3 is 0 Å². The number of hydrogen-bond acceptors (Lipinski definition) is 2. The zero-order valence-corrected chi connectivity index (χ0v) is 12.0. The first-order valence-corrected chi connectivity index (χ1v) is 6.77. The fraction of sp³-hybridized carbons (Fsp3) is 0.133. The minimum atomic E-state index is -0.483. The molecule has 102 valence electrons. The largest absolute Gasteiger partial charge is 0.382 e. The van der Waals surface area contributed by atoms with Crippen molar-refractivity contribution in [2.24, 2.45) is 0 Å². The Morgan fingerprint density at radius 2 is 1.80 bits per heavy atom. The Balaban J connectivity index is 2.00. The van der Waals surface area contributed by atoms with Crippen LogP contribution in [0.25, 0.3) is 0 Å². The number of halogens is 3. The van der Waals surface area contributed by atoms with Gasteiger partial charge in [0.25, 0.3) is 0 Å². The maximum Gasteiger partial charge on any atom is 0.161 e. The highest BCUT2D eigenvalue weighted by molar-refractivity contribution is 9.10. The molecule has 0 radical (unpaired) electrons. The first-order valence-electron chi connectivity index (χ1n) is 5.98. The number of anilines is 1. The van der Waals surface area contributed by atoms with E-state index in [4.69, 9.17) is 5.26 Å². The molecule has 2 aromatic carbocycles. The van der Waals surface area contributed by atoms with E-state index in [1.807, 2.05) is 6.07 Å². The fourth-order valence-corrected chi connectivity index (χ4v) is 2.20. The molecule has 0 spiro atoms. The van der Waals surface area contributed by atoms with E-state index in [9.17, 15) is 8.78 Å². The van der Waals surface area contributed by atoms with Gasteiger partial charge in [-0.05, 0) is 52.2 Å². The molecule has 0 aliphatic rings. The highest BCUT2D eigenvalue weighted by atomic mass is 79.9. The van der Waals surface area contributed by atoms with Crippen molar-refractivity contribution in [1.82, 2.24) is 0 Å². The molecule has 0 heterocycles. The number of nitrogens with zero attached hydrogens (tertiary/aromatic N) is 1. The quantitative estimate of drug-likeness (QED) is 0.905. The molecular weight excluding hydrogens is 326 g/mol. The average molecular weight is 337 g/mol. The molecule has 0 fully saturated rings. The monoisotopic (exact) mass is 336 g/mol. The summed E-state index contributed by atoms with van der Waals surface area (Å²) in [6, 6.07) is 11.2.